The van der Waals surface area contributed by atoms with E-state index in [4.69, 9.17) is 9.47 Å². The van der Waals surface area contributed by atoms with Crippen molar-refractivity contribution in [3.8, 4) is 0 Å². The zero-order valence-electron chi connectivity index (χ0n) is 13.8. The molecule has 2 heterocycles. The Kier molecular flexibility index (Phi) is 4.98. The van der Waals surface area contributed by atoms with Crippen molar-refractivity contribution in [1.82, 2.24) is 9.47 Å². The van der Waals surface area contributed by atoms with E-state index in [-0.39, 0.29) is 18.1 Å². The quantitative estimate of drug-likeness (QED) is 0.821. The van der Waals surface area contributed by atoms with E-state index in [1.807, 2.05) is 23.2 Å². The maximum Gasteiger partial charge on any atom is 0.224 e. The van der Waals surface area contributed by atoms with Gasteiger partial charge in [-0.05, 0) is 23.9 Å². The number of fused-ring (bicyclic) bond motifs is 1. The minimum atomic E-state index is 0.117. The Hall–Kier alpha value is -1.85. The smallest absolute Gasteiger partial charge is 0.224 e. The molecule has 0 radical (unpaired) electrons. The van der Waals surface area contributed by atoms with Crippen molar-refractivity contribution in [3.63, 3.8) is 0 Å². The predicted molar refractivity (Wildman–Crippen MR) is 89.3 cm³/mol. The van der Waals surface area contributed by atoms with Crippen LogP contribution in [0.2, 0.25) is 0 Å². The maximum atomic E-state index is 12.6. The number of rotatable bonds is 6. The van der Waals surface area contributed by atoms with Crippen LogP contribution in [0.4, 0.5) is 0 Å². The summed E-state index contributed by atoms with van der Waals surface area (Å²) in [5.41, 5.74) is 1.17. The number of benzene rings is 1. The molecule has 0 spiro atoms. The summed E-state index contributed by atoms with van der Waals surface area (Å²) in [5.74, 6) is 0.171. The standard InChI is InChI=1S/C18H24N2O3/c1-22-13-15-11-16(23-2)12-20(15)18(21)8-10-19-9-7-14-5-3-4-6-17(14)19/h3-7,9,15-16H,8,10-13H2,1-2H3/t15-,16+/m0/s1. The second-order valence-corrected chi connectivity index (χ2v) is 6.07. The molecule has 0 aliphatic carbocycles. The van der Waals surface area contributed by atoms with Crippen molar-refractivity contribution in [2.45, 2.75) is 31.5 Å². The average Bonchev–Trinajstić information content (AvgIpc) is 3.17. The Labute approximate surface area is 136 Å². The number of aromatic nitrogens is 1. The van der Waals surface area contributed by atoms with Gasteiger partial charge in [-0.2, -0.15) is 0 Å². The van der Waals surface area contributed by atoms with E-state index in [1.165, 1.54) is 10.9 Å². The number of hydrogen-bond donors (Lipinski definition) is 0. The van der Waals surface area contributed by atoms with Crippen LogP contribution in [0.3, 0.4) is 0 Å². The fourth-order valence-electron chi connectivity index (χ4n) is 3.40. The molecule has 1 fully saturated rings. The molecule has 1 aromatic carbocycles. The van der Waals surface area contributed by atoms with Crippen molar-refractivity contribution >= 4 is 16.8 Å². The van der Waals surface area contributed by atoms with Crippen LogP contribution in [0, 0.1) is 0 Å². The molecule has 0 bridgehead atoms. The van der Waals surface area contributed by atoms with Gasteiger partial charge in [0.2, 0.25) is 5.91 Å². The number of carbonyl (C=O) groups is 1. The molecule has 1 saturated heterocycles. The van der Waals surface area contributed by atoms with Crippen LogP contribution in [-0.4, -0.2) is 54.9 Å². The minimum Gasteiger partial charge on any atom is -0.383 e. The molecule has 5 nitrogen and oxygen atoms in total. The van der Waals surface area contributed by atoms with E-state index in [0.29, 0.717) is 26.1 Å². The second kappa shape index (κ2) is 7.15. The monoisotopic (exact) mass is 316 g/mol. The number of likely N-dealkylation sites (tertiary alicyclic amines) is 1. The van der Waals surface area contributed by atoms with Crippen LogP contribution >= 0.6 is 0 Å². The first-order valence-corrected chi connectivity index (χ1v) is 8.08. The van der Waals surface area contributed by atoms with E-state index >= 15 is 0 Å². The predicted octanol–water partition coefficient (Wildman–Crippen LogP) is 2.29. The number of carbonyl (C=O) groups excluding carboxylic acids is 1. The fraction of sp³-hybridized carbons (Fsp3) is 0.500. The minimum absolute atomic E-state index is 0.117. The fourth-order valence-corrected chi connectivity index (χ4v) is 3.40. The molecule has 1 aromatic heterocycles. The highest BCUT2D eigenvalue weighted by molar-refractivity contribution is 5.80. The van der Waals surface area contributed by atoms with E-state index in [0.717, 1.165) is 6.42 Å². The van der Waals surface area contributed by atoms with Crippen molar-refractivity contribution in [2.75, 3.05) is 27.4 Å². The molecule has 0 unspecified atom stereocenters. The molecule has 23 heavy (non-hydrogen) atoms. The summed E-state index contributed by atoms with van der Waals surface area (Å²) < 4.78 is 12.8. The van der Waals surface area contributed by atoms with Crippen LogP contribution < -0.4 is 0 Å². The Balaban J connectivity index is 1.64. The lowest BCUT2D eigenvalue weighted by atomic mass is 10.2. The molecule has 1 amide bonds. The Morgan fingerprint density at radius 3 is 2.87 bits per heavy atom. The van der Waals surface area contributed by atoms with Crippen LogP contribution in [0.1, 0.15) is 12.8 Å². The lowest BCUT2D eigenvalue weighted by Crippen LogP contribution is -2.38. The number of hydrogen-bond acceptors (Lipinski definition) is 3. The van der Waals surface area contributed by atoms with E-state index in [1.54, 1.807) is 14.2 Å². The molecule has 0 saturated carbocycles. The summed E-state index contributed by atoms with van der Waals surface area (Å²) in [6.07, 6.45) is 3.51. The number of para-hydroxylation sites is 1. The first kappa shape index (κ1) is 16.0. The number of methoxy groups -OCH3 is 2. The van der Waals surface area contributed by atoms with Crippen LogP contribution in [0.25, 0.3) is 10.9 Å². The van der Waals surface area contributed by atoms with E-state index < -0.39 is 0 Å². The summed E-state index contributed by atoms with van der Waals surface area (Å²) >= 11 is 0. The Morgan fingerprint density at radius 2 is 2.09 bits per heavy atom. The van der Waals surface area contributed by atoms with Crippen molar-refractivity contribution in [3.05, 3.63) is 36.5 Å². The Morgan fingerprint density at radius 1 is 1.26 bits per heavy atom. The summed E-state index contributed by atoms with van der Waals surface area (Å²) in [6, 6.07) is 10.4. The maximum absolute atomic E-state index is 12.6. The number of aryl methyl sites for hydroxylation is 1. The van der Waals surface area contributed by atoms with Gasteiger partial charge in [-0.3, -0.25) is 4.79 Å². The zero-order valence-corrected chi connectivity index (χ0v) is 13.8. The van der Waals surface area contributed by atoms with Crippen molar-refractivity contribution in [2.24, 2.45) is 0 Å². The highest BCUT2D eigenvalue weighted by Gasteiger charge is 2.34. The van der Waals surface area contributed by atoms with Crippen molar-refractivity contribution < 1.29 is 14.3 Å². The Bertz CT molecular complexity index is 667. The van der Waals surface area contributed by atoms with Gasteiger partial charge in [0.15, 0.2) is 0 Å². The molecule has 1 aliphatic rings. The average molecular weight is 316 g/mol. The summed E-state index contributed by atoms with van der Waals surface area (Å²) in [6.45, 7) is 1.92. The molecule has 3 rings (SSSR count). The van der Waals surface area contributed by atoms with Gasteiger partial charge in [0, 0.05) is 45.4 Å². The summed E-state index contributed by atoms with van der Waals surface area (Å²) in [4.78, 5) is 14.5. The highest BCUT2D eigenvalue weighted by atomic mass is 16.5. The third-order valence-electron chi connectivity index (χ3n) is 4.64. The second-order valence-electron chi connectivity index (χ2n) is 6.07. The van der Waals surface area contributed by atoms with Gasteiger partial charge in [0.25, 0.3) is 0 Å². The van der Waals surface area contributed by atoms with Gasteiger partial charge in [-0.15, -0.1) is 0 Å². The molecular weight excluding hydrogens is 292 g/mol. The number of amides is 1. The summed E-state index contributed by atoms with van der Waals surface area (Å²) in [5, 5.41) is 1.21. The van der Waals surface area contributed by atoms with Gasteiger partial charge in [0.05, 0.1) is 18.8 Å². The first-order chi connectivity index (χ1) is 11.2. The molecule has 5 heteroatoms. The molecule has 0 N–H and O–H groups in total. The lowest BCUT2D eigenvalue weighted by molar-refractivity contribution is -0.133. The largest absolute Gasteiger partial charge is 0.383 e. The zero-order chi connectivity index (χ0) is 16.2. The third kappa shape index (κ3) is 3.41. The van der Waals surface area contributed by atoms with Gasteiger partial charge in [-0.1, -0.05) is 18.2 Å². The third-order valence-corrected chi connectivity index (χ3v) is 4.64. The van der Waals surface area contributed by atoms with Crippen LogP contribution in [0.15, 0.2) is 36.5 Å². The summed E-state index contributed by atoms with van der Waals surface area (Å²) in [7, 11) is 3.38. The molecule has 1 aliphatic heterocycles. The van der Waals surface area contributed by atoms with Gasteiger partial charge in [0.1, 0.15) is 0 Å². The van der Waals surface area contributed by atoms with Gasteiger partial charge >= 0.3 is 0 Å². The first-order valence-electron chi connectivity index (χ1n) is 8.08. The van der Waals surface area contributed by atoms with Crippen LogP contribution in [-0.2, 0) is 20.8 Å². The van der Waals surface area contributed by atoms with Crippen molar-refractivity contribution in [1.29, 1.82) is 0 Å². The van der Waals surface area contributed by atoms with E-state index in [9.17, 15) is 4.79 Å². The highest BCUT2D eigenvalue weighted by Crippen LogP contribution is 2.22. The lowest BCUT2D eigenvalue weighted by Gasteiger charge is -2.24. The molecule has 124 valence electrons. The van der Waals surface area contributed by atoms with Gasteiger partial charge in [-0.25, -0.2) is 0 Å². The number of ether oxygens (including phenoxy) is 2. The van der Waals surface area contributed by atoms with Gasteiger partial charge < -0.3 is 18.9 Å². The topological polar surface area (TPSA) is 43.7 Å². The molecule has 2 aromatic rings. The molecule has 2 atom stereocenters. The SMILES string of the molecule is COC[C@@H]1C[C@@H](OC)CN1C(=O)CCn1ccc2ccccc21. The van der Waals surface area contributed by atoms with Crippen LogP contribution in [0.5, 0.6) is 0 Å². The normalized spacial score (nSPS) is 21.2. The number of nitrogens with zero attached hydrogens (tertiary/aromatic N) is 2. The van der Waals surface area contributed by atoms with E-state index in [2.05, 4.69) is 22.8 Å². The molecular formula is C18H24N2O3.